The molecule has 33 heavy (non-hydrogen) atoms. The molecule has 7 nitrogen and oxygen atoms in total. The van der Waals surface area contributed by atoms with Crippen molar-refractivity contribution in [2.75, 3.05) is 6.54 Å². The van der Waals surface area contributed by atoms with Gasteiger partial charge >= 0.3 is 0 Å². The lowest BCUT2D eigenvalue weighted by Crippen LogP contribution is -2.29. The average molecular weight is 435 g/mol. The van der Waals surface area contributed by atoms with E-state index >= 15 is 0 Å². The molecule has 0 N–H and O–H groups in total. The van der Waals surface area contributed by atoms with Crippen LogP contribution < -0.4 is 0 Å². The molecule has 0 bridgehead atoms. The van der Waals surface area contributed by atoms with Gasteiger partial charge in [-0.05, 0) is 41.8 Å². The summed E-state index contributed by atoms with van der Waals surface area (Å²) in [6.45, 7) is 3.25. The van der Waals surface area contributed by atoms with Crippen molar-refractivity contribution in [2.24, 2.45) is 0 Å². The van der Waals surface area contributed by atoms with E-state index in [9.17, 15) is 14.9 Å². The van der Waals surface area contributed by atoms with Gasteiger partial charge in [0.05, 0.1) is 29.0 Å². The summed E-state index contributed by atoms with van der Waals surface area (Å²) < 4.78 is 4.15. The number of imidazole rings is 1. The molecule has 0 saturated heterocycles. The molecule has 1 aliphatic carbocycles. The highest BCUT2D eigenvalue weighted by Gasteiger charge is 2.31. The summed E-state index contributed by atoms with van der Waals surface area (Å²) in [5.41, 5.74) is 6.81. The fourth-order valence-electron chi connectivity index (χ4n) is 5.25. The molecule has 162 valence electrons. The van der Waals surface area contributed by atoms with Gasteiger partial charge in [0.2, 0.25) is 5.91 Å². The van der Waals surface area contributed by atoms with Gasteiger partial charge in [0.25, 0.3) is 0 Å². The highest BCUT2D eigenvalue weighted by atomic mass is 16.2. The van der Waals surface area contributed by atoms with E-state index in [4.69, 9.17) is 0 Å². The predicted molar refractivity (Wildman–Crippen MR) is 124 cm³/mol. The lowest BCUT2D eigenvalue weighted by molar-refractivity contribution is -0.129. The molecule has 3 aromatic heterocycles. The number of carbonyl (C=O) groups is 2. The summed E-state index contributed by atoms with van der Waals surface area (Å²) in [7, 11) is 0. The number of rotatable bonds is 2. The Morgan fingerprint density at radius 1 is 1.18 bits per heavy atom. The van der Waals surface area contributed by atoms with Gasteiger partial charge in [-0.3, -0.25) is 14.0 Å². The van der Waals surface area contributed by atoms with Crippen LogP contribution in [0.5, 0.6) is 0 Å². The summed E-state index contributed by atoms with van der Waals surface area (Å²) in [4.78, 5) is 31.6. The van der Waals surface area contributed by atoms with Crippen molar-refractivity contribution in [3.8, 4) is 6.07 Å². The molecule has 1 amide bonds. The Bertz CT molecular complexity index is 1560. The monoisotopic (exact) mass is 435 g/mol. The van der Waals surface area contributed by atoms with Crippen LogP contribution in [0.1, 0.15) is 42.1 Å². The van der Waals surface area contributed by atoms with Gasteiger partial charge in [0, 0.05) is 61.9 Å². The van der Waals surface area contributed by atoms with E-state index in [1.54, 1.807) is 11.8 Å². The first-order valence-corrected chi connectivity index (χ1v) is 11.1. The van der Waals surface area contributed by atoms with Crippen LogP contribution in [0, 0.1) is 11.3 Å². The van der Waals surface area contributed by atoms with Crippen LogP contribution in [-0.2, 0) is 22.7 Å². The molecule has 0 fully saturated rings. The molecular formula is C26H21N5O2. The topological polar surface area (TPSA) is 83.4 Å². The SMILES string of the molecule is CC(=O)N1CCn2cc(C3=C(c4cnc5ccccn45)CCC3=O)c3cc(C#N)cc(c32)C1. The molecular weight excluding hydrogens is 414 g/mol. The lowest BCUT2D eigenvalue weighted by atomic mass is 9.96. The maximum atomic E-state index is 13.2. The third kappa shape index (κ3) is 2.91. The summed E-state index contributed by atoms with van der Waals surface area (Å²) in [6.07, 6.45) is 6.95. The predicted octanol–water partition coefficient (Wildman–Crippen LogP) is 3.80. The molecule has 0 saturated carbocycles. The maximum absolute atomic E-state index is 13.2. The van der Waals surface area contributed by atoms with Crippen molar-refractivity contribution < 1.29 is 9.59 Å². The Balaban J connectivity index is 1.62. The van der Waals surface area contributed by atoms with Crippen LogP contribution in [0.2, 0.25) is 0 Å². The van der Waals surface area contributed by atoms with Crippen LogP contribution in [0.4, 0.5) is 0 Å². The Morgan fingerprint density at radius 3 is 2.88 bits per heavy atom. The van der Waals surface area contributed by atoms with Gasteiger partial charge in [-0.15, -0.1) is 0 Å². The quantitative estimate of drug-likeness (QED) is 0.480. The van der Waals surface area contributed by atoms with E-state index in [1.807, 2.05) is 53.3 Å². The first kappa shape index (κ1) is 19.5. The number of hydrogen-bond donors (Lipinski definition) is 0. The van der Waals surface area contributed by atoms with E-state index in [0.29, 0.717) is 38.0 Å². The normalized spacial score (nSPS) is 16.0. The van der Waals surface area contributed by atoms with Gasteiger partial charge in [0.1, 0.15) is 5.65 Å². The van der Waals surface area contributed by atoms with Crippen LogP contribution >= 0.6 is 0 Å². The van der Waals surface area contributed by atoms with Gasteiger partial charge in [-0.1, -0.05) is 6.07 Å². The molecule has 0 spiro atoms. The smallest absolute Gasteiger partial charge is 0.219 e. The minimum absolute atomic E-state index is 0.0139. The molecule has 0 radical (unpaired) electrons. The van der Waals surface area contributed by atoms with E-state index in [2.05, 4.69) is 15.6 Å². The van der Waals surface area contributed by atoms with Crippen molar-refractivity contribution in [1.29, 1.82) is 5.26 Å². The molecule has 4 aromatic rings. The molecule has 4 heterocycles. The van der Waals surface area contributed by atoms with E-state index < -0.39 is 0 Å². The molecule has 1 aromatic carbocycles. The highest BCUT2D eigenvalue weighted by Crippen LogP contribution is 2.42. The standard InChI is InChI=1S/C26H21N5O2/c1-16(32)29-8-9-30-15-21(20-11-17(12-27)10-18(14-29)26(20)30)25-19(5-6-23(25)33)22-13-28-24-4-2-3-7-31(22)24/h2-4,7,10-11,13,15H,5-6,8-9,14H2,1H3. The zero-order chi connectivity index (χ0) is 22.7. The average Bonchev–Trinajstić information content (AvgIpc) is 3.47. The van der Waals surface area contributed by atoms with Gasteiger partial charge in [-0.25, -0.2) is 4.98 Å². The van der Waals surface area contributed by atoms with Crippen molar-refractivity contribution in [2.45, 2.75) is 32.9 Å². The number of hydrogen-bond acceptors (Lipinski definition) is 4. The van der Waals surface area contributed by atoms with Gasteiger partial charge in [0.15, 0.2) is 5.78 Å². The highest BCUT2D eigenvalue weighted by molar-refractivity contribution is 6.33. The number of carbonyl (C=O) groups excluding carboxylic acids is 2. The third-order valence-electron chi connectivity index (χ3n) is 6.78. The van der Waals surface area contributed by atoms with Crippen molar-refractivity contribution in [3.63, 3.8) is 0 Å². The number of Topliss-reactive ketones (excluding diaryl/α,β-unsaturated/α-hetero) is 1. The van der Waals surface area contributed by atoms with Crippen LogP contribution in [0.25, 0.3) is 27.7 Å². The van der Waals surface area contributed by atoms with Crippen LogP contribution in [-0.4, -0.2) is 37.1 Å². The molecule has 1 aliphatic heterocycles. The van der Waals surface area contributed by atoms with Gasteiger partial charge < -0.3 is 9.47 Å². The number of amides is 1. The lowest BCUT2D eigenvalue weighted by Gasteiger charge is -2.18. The molecule has 7 heteroatoms. The van der Waals surface area contributed by atoms with E-state index in [-0.39, 0.29) is 11.7 Å². The Morgan fingerprint density at radius 2 is 2.06 bits per heavy atom. The zero-order valence-corrected chi connectivity index (χ0v) is 18.2. The number of benzene rings is 1. The Kier molecular flexibility index (Phi) is 4.24. The zero-order valence-electron chi connectivity index (χ0n) is 18.2. The Hall–Kier alpha value is -4.18. The summed E-state index contributed by atoms with van der Waals surface area (Å²) in [5, 5.41) is 10.6. The Labute approximate surface area is 190 Å². The summed E-state index contributed by atoms with van der Waals surface area (Å²) in [6, 6.07) is 11.8. The number of allylic oxidation sites excluding steroid dienone is 2. The largest absolute Gasteiger partial charge is 0.345 e. The number of ketones is 1. The van der Waals surface area contributed by atoms with E-state index in [1.165, 1.54) is 0 Å². The molecule has 0 atom stereocenters. The van der Waals surface area contributed by atoms with Crippen molar-refractivity contribution in [3.05, 3.63) is 71.3 Å². The number of pyridine rings is 1. The first-order valence-electron chi connectivity index (χ1n) is 11.1. The second kappa shape index (κ2) is 7.17. The van der Waals surface area contributed by atoms with Crippen LogP contribution in [0.3, 0.4) is 0 Å². The van der Waals surface area contributed by atoms with E-state index in [0.717, 1.165) is 44.5 Å². The van der Waals surface area contributed by atoms with Crippen molar-refractivity contribution >= 4 is 39.4 Å². The number of fused-ring (bicyclic) bond motifs is 1. The minimum atomic E-state index is 0.0139. The first-order chi connectivity index (χ1) is 16.0. The molecule has 2 aliphatic rings. The van der Waals surface area contributed by atoms with Crippen molar-refractivity contribution in [1.82, 2.24) is 18.9 Å². The second-order valence-electron chi connectivity index (χ2n) is 8.67. The summed E-state index contributed by atoms with van der Waals surface area (Å²) in [5.74, 6) is 0.126. The third-order valence-corrected chi connectivity index (χ3v) is 6.78. The maximum Gasteiger partial charge on any atom is 0.219 e. The molecule has 6 rings (SSSR count). The van der Waals surface area contributed by atoms with Gasteiger partial charge in [-0.2, -0.15) is 5.26 Å². The number of nitriles is 1. The van der Waals surface area contributed by atoms with Crippen LogP contribution in [0.15, 0.2) is 48.9 Å². The second-order valence-corrected chi connectivity index (χ2v) is 8.67. The number of nitrogens with zero attached hydrogens (tertiary/aromatic N) is 5. The fourth-order valence-corrected chi connectivity index (χ4v) is 5.25. The number of aromatic nitrogens is 3. The fraction of sp³-hybridized carbons (Fsp3) is 0.231. The minimum Gasteiger partial charge on any atom is -0.345 e. The summed E-state index contributed by atoms with van der Waals surface area (Å²) >= 11 is 0. The molecule has 0 unspecified atom stereocenters.